The highest BCUT2D eigenvalue weighted by atomic mass is 16.5. The minimum atomic E-state index is -0.349. The monoisotopic (exact) mass is 264 g/mol. The molecule has 104 valence electrons. The van der Waals surface area contributed by atoms with E-state index in [-0.39, 0.29) is 11.9 Å². The van der Waals surface area contributed by atoms with Gasteiger partial charge in [-0.05, 0) is 19.1 Å². The number of carbonyl (C=O) groups is 1. The van der Waals surface area contributed by atoms with Crippen molar-refractivity contribution < 1.29 is 14.3 Å². The molecule has 5 heteroatoms. The molecular formula is C14H20N2O3. The van der Waals surface area contributed by atoms with Crippen molar-refractivity contribution in [2.45, 2.75) is 13.0 Å². The molecule has 1 aromatic carbocycles. The first-order valence-electron chi connectivity index (χ1n) is 5.99. The molecule has 0 saturated heterocycles. The molecule has 0 aromatic heterocycles. The van der Waals surface area contributed by atoms with Gasteiger partial charge < -0.3 is 20.1 Å². The van der Waals surface area contributed by atoms with Gasteiger partial charge in [0.05, 0.1) is 14.2 Å². The van der Waals surface area contributed by atoms with Crippen LogP contribution in [0.5, 0.6) is 11.5 Å². The Bertz CT molecular complexity index is 446. The van der Waals surface area contributed by atoms with Crippen molar-refractivity contribution in [3.63, 3.8) is 0 Å². The van der Waals surface area contributed by atoms with Crippen molar-refractivity contribution in [2.24, 2.45) is 0 Å². The fraction of sp³-hybridized carbons (Fsp3) is 0.357. The lowest BCUT2D eigenvalue weighted by atomic mass is 10.2. The second-order valence-corrected chi connectivity index (χ2v) is 3.97. The van der Waals surface area contributed by atoms with E-state index in [1.165, 1.54) is 0 Å². The van der Waals surface area contributed by atoms with E-state index in [2.05, 4.69) is 17.2 Å². The van der Waals surface area contributed by atoms with E-state index in [9.17, 15) is 4.79 Å². The average molecular weight is 264 g/mol. The van der Waals surface area contributed by atoms with Crippen LogP contribution in [-0.4, -0.2) is 32.7 Å². The lowest BCUT2D eigenvalue weighted by Crippen LogP contribution is -2.37. The molecule has 2 N–H and O–H groups in total. The highest BCUT2D eigenvalue weighted by Crippen LogP contribution is 2.29. The first-order chi connectivity index (χ1) is 9.12. The van der Waals surface area contributed by atoms with E-state index in [1.807, 2.05) is 6.07 Å². The minimum Gasteiger partial charge on any atom is -0.493 e. The van der Waals surface area contributed by atoms with Crippen LogP contribution in [0.15, 0.2) is 30.9 Å². The zero-order valence-electron chi connectivity index (χ0n) is 11.5. The summed E-state index contributed by atoms with van der Waals surface area (Å²) in [5.74, 6) is 1.18. The first-order valence-corrected chi connectivity index (χ1v) is 5.99. The number of hydrogen-bond acceptors (Lipinski definition) is 4. The molecule has 0 heterocycles. The van der Waals surface area contributed by atoms with Gasteiger partial charge >= 0.3 is 0 Å². The molecule has 1 aromatic rings. The van der Waals surface area contributed by atoms with Gasteiger partial charge in [-0.2, -0.15) is 0 Å². The molecule has 0 fully saturated rings. The maximum absolute atomic E-state index is 11.7. The quantitative estimate of drug-likeness (QED) is 0.737. The summed E-state index contributed by atoms with van der Waals surface area (Å²) in [5.41, 5.74) is 0.791. The SMILES string of the molecule is C=CCNC(=O)C(C)Nc1ccc(OC)c(OC)c1. The van der Waals surface area contributed by atoms with Crippen LogP contribution in [-0.2, 0) is 4.79 Å². The minimum absolute atomic E-state index is 0.0883. The third-order valence-electron chi connectivity index (χ3n) is 2.58. The number of methoxy groups -OCH3 is 2. The Labute approximate surface area is 113 Å². The van der Waals surface area contributed by atoms with Gasteiger partial charge in [-0.1, -0.05) is 6.08 Å². The summed E-state index contributed by atoms with van der Waals surface area (Å²) in [6, 6.07) is 5.06. The Morgan fingerprint density at radius 3 is 2.63 bits per heavy atom. The number of hydrogen-bond donors (Lipinski definition) is 2. The third kappa shape index (κ3) is 4.21. The molecule has 0 radical (unpaired) electrons. The van der Waals surface area contributed by atoms with Gasteiger partial charge in [0.2, 0.25) is 5.91 Å². The number of rotatable bonds is 7. The molecule has 1 atom stereocenters. The Hall–Kier alpha value is -2.17. The molecule has 0 aliphatic rings. The molecule has 0 aliphatic carbocycles. The van der Waals surface area contributed by atoms with Crippen molar-refractivity contribution in [2.75, 3.05) is 26.1 Å². The maximum Gasteiger partial charge on any atom is 0.242 e. The van der Waals surface area contributed by atoms with E-state index >= 15 is 0 Å². The smallest absolute Gasteiger partial charge is 0.242 e. The summed E-state index contributed by atoms with van der Waals surface area (Å²) >= 11 is 0. The summed E-state index contributed by atoms with van der Waals surface area (Å²) in [7, 11) is 3.15. The molecule has 1 rings (SSSR count). The van der Waals surface area contributed by atoms with Gasteiger partial charge in [0.15, 0.2) is 11.5 Å². The molecule has 5 nitrogen and oxygen atoms in total. The number of amides is 1. The van der Waals surface area contributed by atoms with E-state index < -0.39 is 0 Å². The van der Waals surface area contributed by atoms with Gasteiger partial charge in [-0.3, -0.25) is 4.79 Å². The number of nitrogens with one attached hydrogen (secondary N) is 2. The van der Waals surface area contributed by atoms with Crippen molar-refractivity contribution in [1.82, 2.24) is 5.32 Å². The topological polar surface area (TPSA) is 59.6 Å². The van der Waals surface area contributed by atoms with Crippen LogP contribution in [0, 0.1) is 0 Å². The van der Waals surface area contributed by atoms with E-state index in [0.29, 0.717) is 18.0 Å². The molecule has 1 unspecified atom stereocenters. The zero-order valence-corrected chi connectivity index (χ0v) is 11.5. The molecule has 19 heavy (non-hydrogen) atoms. The summed E-state index contributed by atoms with van der Waals surface area (Å²) in [5, 5.41) is 5.82. The molecule has 0 saturated carbocycles. The Morgan fingerprint density at radius 2 is 2.05 bits per heavy atom. The lowest BCUT2D eigenvalue weighted by molar-refractivity contribution is -0.121. The largest absolute Gasteiger partial charge is 0.493 e. The molecule has 0 bridgehead atoms. The third-order valence-corrected chi connectivity index (χ3v) is 2.58. The fourth-order valence-electron chi connectivity index (χ4n) is 1.57. The number of ether oxygens (including phenoxy) is 2. The van der Waals surface area contributed by atoms with Gasteiger partial charge in [-0.15, -0.1) is 6.58 Å². The molecule has 0 spiro atoms. The summed E-state index contributed by atoms with van der Waals surface area (Å²) in [4.78, 5) is 11.7. The Morgan fingerprint density at radius 1 is 1.37 bits per heavy atom. The van der Waals surface area contributed by atoms with E-state index in [0.717, 1.165) is 5.69 Å². The molecule has 0 aliphatic heterocycles. The Balaban J connectivity index is 2.71. The van der Waals surface area contributed by atoms with Crippen LogP contribution >= 0.6 is 0 Å². The predicted molar refractivity (Wildman–Crippen MR) is 75.8 cm³/mol. The highest BCUT2D eigenvalue weighted by molar-refractivity contribution is 5.84. The van der Waals surface area contributed by atoms with Gasteiger partial charge in [0.25, 0.3) is 0 Å². The van der Waals surface area contributed by atoms with Crippen LogP contribution in [0.2, 0.25) is 0 Å². The second kappa shape index (κ2) is 7.31. The van der Waals surface area contributed by atoms with Crippen LogP contribution < -0.4 is 20.1 Å². The first kappa shape index (κ1) is 14.9. The molecule has 1 amide bonds. The zero-order chi connectivity index (χ0) is 14.3. The predicted octanol–water partition coefficient (Wildman–Crippen LogP) is 1.81. The van der Waals surface area contributed by atoms with E-state index in [4.69, 9.17) is 9.47 Å². The number of anilines is 1. The van der Waals surface area contributed by atoms with Crippen LogP contribution in [0.25, 0.3) is 0 Å². The summed E-state index contributed by atoms with van der Waals surface area (Å²) in [6.07, 6.45) is 1.64. The van der Waals surface area contributed by atoms with E-state index in [1.54, 1.807) is 39.4 Å². The normalized spacial score (nSPS) is 11.3. The van der Waals surface area contributed by atoms with Crippen molar-refractivity contribution >= 4 is 11.6 Å². The van der Waals surface area contributed by atoms with Gasteiger partial charge in [0, 0.05) is 18.3 Å². The maximum atomic E-state index is 11.7. The van der Waals surface area contributed by atoms with Crippen LogP contribution in [0.1, 0.15) is 6.92 Å². The van der Waals surface area contributed by atoms with Crippen molar-refractivity contribution in [3.8, 4) is 11.5 Å². The Kier molecular flexibility index (Phi) is 5.73. The standard InChI is InChI=1S/C14H20N2O3/c1-5-8-15-14(17)10(2)16-11-6-7-12(18-3)13(9-11)19-4/h5-7,9-10,16H,1,8H2,2-4H3,(H,15,17). The van der Waals surface area contributed by atoms with Gasteiger partial charge in [0.1, 0.15) is 6.04 Å². The average Bonchev–Trinajstić information content (AvgIpc) is 2.44. The molecular weight excluding hydrogens is 244 g/mol. The van der Waals surface area contributed by atoms with Gasteiger partial charge in [-0.25, -0.2) is 0 Å². The summed E-state index contributed by atoms with van der Waals surface area (Å²) in [6.45, 7) is 5.79. The van der Waals surface area contributed by atoms with Crippen molar-refractivity contribution in [3.05, 3.63) is 30.9 Å². The number of carbonyl (C=O) groups excluding carboxylic acids is 1. The summed E-state index contributed by atoms with van der Waals surface area (Å²) < 4.78 is 10.4. The number of benzene rings is 1. The second-order valence-electron chi connectivity index (χ2n) is 3.97. The van der Waals surface area contributed by atoms with Crippen LogP contribution in [0.3, 0.4) is 0 Å². The van der Waals surface area contributed by atoms with Crippen LogP contribution in [0.4, 0.5) is 5.69 Å². The highest BCUT2D eigenvalue weighted by Gasteiger charge is 2.12. The van der Waals surface area contributed by atoms with Crippen molar-refractivity contribution in [1.29, 1.82) is 0 Å². The lowest BCUT2D eigenvalue weighted by Gasteiger charge is -2.16. The fourth-order valence-corrected chi connectivity index (χ4v) is 1.57.